The van der Waals surface area contributed by atoms with E-state index in [1.807, 2.05) is 0 Å². The van der Waals surface area contributed by atoms with Crippen LogP contribution in [0.15, 0.2) is 18.5 Å². The van der Waals surface area contributed by atoms with Gasteiger partial charge in [0.2, 0.25) is 11.9 Å². The Morgan fingerprint density at radius 2 is 2.22 bits per heavy atom. The fourth-order valence-corrected chi connectivity index (χ4v) is 2.74. The van der Waals surface area contributed by atoms with Crippen LogP contribution in [0.5, 0.6) is 0 Å². The van der Waals surface area contributed by atoms with Gasteiger partial charge in [0.05, 0.1) is 18.1 Å². The van der Waals surface area contributed by atoms with Crippen LogP contribution in [0, 0.1) is 5.92 Å². The quantitative estimate of drug-likeness (QED) is 0.786. The molecule has 0 radical (unpaired) electrons. The number of rotatable bonds is 2. The van der Waals surface area contributed by atoms with Crippen LogP contribution in [0.3, 0.4) is 0 Å². The zero-order valence-corrected chi connectivity index (χ0v) is 10.2. The summed E-state index contributed by atoms with van der Waals surface area (Å²) in [5.74, 6) is 0.736. The Bertz CT molecular complexity index is 439. The van der Waals surface area contributed by atoms with Crippen LogP contribution in [-0.2, 0) is 9.53 Å². The third kappa shape index (κ3) is 1.92. The van der Waals surface area contributed by atoms with Crippen LogP contribution in [0.25, 0.3) is 0 Å². The number of carbonyl (C=O) groups excluding carboxylic acids is 1. The summed E-state index contributed by atoms with van der Waals surface area (Å²) in [6.07, 6.45) is 4.31. The molecule has 1 N–H and O–H groups in total. The molecule has 6 heteroatoms. The normalized spacial score (nSPS) is 30.3. The molecular weight excluding hydrogens is 232 g/mol. The van der Waals surface area contributed by atoms with Gasteiger partial charge in [0, 0.05) is 32.5 Å². The van der Waals surface area contributed by atoms with Gasteiger partial charge in [-0.25, -0.2) is 9.97 Å². The fourth-order valence-electron chi connectivity index (χ4n) is 2.74. The lowest BCUT2D eigenvalue weighted by Gasteiger charge is -2.32. The number of morpholine rings is 1. The van der Waals surface area contributed by atoms with E-state index >= 15 is 0 Å². The highest BCUT2D eigenvalue weighted by Crippen LogP contribution is 2.33. The number of ether oxygens (including phenoxy) is 1. The first-order valence-corrected chi connectivity index (χ1v) is 6.17. The van der Waals surface area contributed by atoms with Crippen LogP contribution >= 0.6 is 0 Å². The van der Waals surface area contributed by atoms with Crippen molar-refractivity contribution in [3.63, 3.8) is 0 Å². The topological polar surface area (TPSA) is 67.4 Å². The van der Waals surface area contributed by atoms with Crippen molar-refractivity contribution in [1.29, 1.82) is 0 Å². The Kier molecular flexibility index (Phi) is 2.87. The zero-order valence-electron chi connectivity index (χ0n) is 10.2. The van der Waals surface area contributed by atoms with Gasteiger partial charge in [0.1, 0.15) is 0 Å². The Morgan fingerprint density at radius 1 is 1.44 bits per heavy atom. The molecule has 2 aliphatic heterocycles. The van der Waals surface area contributed by atoms with Gasteiger partial charge in [-0.2, -0.15) is 0 Å². The number of nitrogens with one attached hydrogen (secondary N) is 1. The predicted octanol–water partition coefficient (Wildman–Crippen LogP) is -0.184. The number of fused-ring (bicyclic) bond motifs is 2. The van der Waals surface area contributed by atoms with E-state index < -0.39 is 0 Å². The third-order valence-corrected chi connectivity index (χ3v) is 3.58. The largest absolute Gasteiger partial charge is 0.370 e. The Morgan fingerprint density at radius 3 is 2.94 bits per heavy atom. The molecule has 0 aromatic carbocycles. The van der Waals surface area contributed by atoms with E-state index in [0.29, 0.717) is 12.5 Å². The van der Waals surface area contributed by atoms with E-state index in [-0.39, 0.29) is 24.0 Å². The third-order valence-electron chi connectivity index (χ3n) is 3.58. The van der Waals surface area contributed by atoms with E-state index in [9.17, 15) is 4.79 Å². The van der Waals surface area contributed by atoms with Crippen LogP contribution in [0.4, 0.5) is 5.95 Å². The minimum atomic E-state index is -0.0486. The summed E-state index contributed by atoms with van der Waals surface area (Å²) < 4.78 is 5.83. The molecule has 3 heterocycles. The second-order valence-corrected chi connectivity index (χ2v) is 4.71. The monoisotopic (exact) mass is 248 g/mol. The second kappa shape index (κ2) is 4.53. The summed E-state index contributed by atoms with van der Waals surface area (Å²) in [5, 5.41) is 2.71. The fraction of sp³-hybridized carbons (Fsp3) is 0.583. The van der Waals surface area contributed by atoms with Crippen molar-refractivity contribution >= 4 is 11.9 Å². The number of amides is 1. The van der Waals surface area contributed by atoms with Gasteiger partial charge in [-0.15, -0.1) is 0 Å². The van der Waals surface area contributed by atoms with Crippen molar-refractivity contribution in [1.82, 2.24) is 15.3 Å². The summed E-state index contributed by atoms with van der Waals surface area (Å²) in [6, 6.07) is 1.80. The molecule has 1 aromatic heterocycles. The Balaban J connectivity index is 1.76. The average Bonchev–Trinajstić information content (AvgIpc) is 2.73. The summed E-state index contributed by atoms with van der Waals surface area (Å²) in [4.78, 5) is 22.4. The maximum absolute atomic E-state index is 11.8. The van der Waals surface area contributed by atoms with Crippen molar-refractivity contribution < 1.29 is 9.53 Å². The summed E-state index contributed by atoms with van der Waals surface area (Å²) in [7, 11) is 1.67. The number of aromatic nitrogens is 2. The summed E-state index contributed by atoms with van der Waals surface area (Å²) >= 11 is 0. The zero-order chi connectivity index (χ0) is 12.5. The van der Waals surface area contributed by atoms with Crippen LogP contribution in [0.2, 0.25) is 0 Å². The molecule has 2 bridgehead atoms. The molecule has 1 aromatic rings. The van der Waals surface area contributed by atoms with Gasteiger partial charge in [0.25, 0.3) is 0 Å². The highest BCUT2D eigenvalue weighted by Gasteiger charge is 2.44. The molecule has 6 nitrogen and oxygen atoms in total. The van der Waals surface area contributed by atoms with Gasteiger partial charge in [-0.3, -0.25) is 4.79 Å². The molecule has 3 rings (SSSR count). The van der Waals surface area contributed by atoms with E-state index in [0.717, 1.165) is 13.0 Å². The first-order chi connectivity index (χ1) is 8.78. The van der Waals surface area contributed by atoms with Gasteiger partial charge in [-0.05, 0) is 12.5 Å². The molecule has 18 heavy (non-hydrogen) atoms. The van der Waals surface area contributed by atoms with Crippen molar-refractivity contribution in [3.8, 4) is 0 Å². The van der Waals surface area contributed by atoms with E-state index in [4.69, 9.17) is 4.74 Å². The molecule has 2 saturated heterocycles. The molecule has 2 fully saturated rings. The lowest BCUT2D eigenvalue weighted by atomic mass is 10.00. The van der Waals surface area contributed by atoms with Gasteiger partial charge >= 0.3 is 0 Å². The van der Waals surface area contributed by atoms with Crippen molar-refractivity contribution in [3.05, 3.63) is 18.5 Å². The maximum atomic E-state index is 11.8. The highest BCUT2D eigenvalue weighted by molar-refractivity contribution is 5.79. The number of nitrogens with zero attached hydrogens (tertiary/aromatic N) is 3. The average molecular weight is 248 g/mol. The van der Waals surface area contributed by atoms with Gasteiger partial charge in [0.15, 0.2) is 0 Å². The van der Waals surface area contributed by atoms with Crippen molar-refractivity contribution in [2.24, 2.45) is 5.92 Å². The van der Waals surface area contributed by atoms with E-state index in [1.165, 1.54) is 0 Å². The Hall–Kier alpha value is -1.69. The molecule has 2 aliphatic rings. The molecule has 1 amide bonds. The van der Waals surface area contributed by atoms with Crippen LogP contribution in [0.1, 0.15) is 6.42 Å². The molecule has 0 aliphatic carbocycles. The maximum Gasteiger partial charge on any atom is 0.225 e. The predicted molar refractivity (Wildman–Crippen MR) is 65.1 cm³/mol. The standard InChI is InChI=1S/C12H16N4O2/c1-13-11(17)9-5-8-6-16(7-10(9)18-8)12-14-3-2-4-15-12/h2-4,8-10H,5-7H2,1H3,(H,13,17). The number of carbonyl (C=O) groups is 1. The van der Waals surface area contributed by atoms with Crippen LogP contribution in [-0.4, -0.2) is 48.2 Å². The smallest absolute Gasteiger partial charge is 0.225 e. The minimum Gasteiger partial charge on any atom is -0.370 e. The molecule has 96 valence electrons. The second-order valence-electron chi connectivity index (χ2n) is 4.71. The molecule has 3 unspecified atom stereocenters. The Labute approximate surface area is 105 Å². The number of hydrogen-bond acceptors (Lipinski definition) is 5. The number of hydrogen-bond donors (Lipinski definition) is 1. The summed E-state index contributed by atoms with van der Waals surface area (Å²) in [5.41, 5.74) is 0. The highest BCUT2D eigenvalue weighted by atomic mass is 16.5. The van der Waals surface area contributed by atoms with Gasteiger partial charge in [-0.1, -0.05) is 0 Å². The van der Waals surface area contributed by atoms with E-state index in [2.05, 4.69) is 20.2 Å². The molecule has 0 spiro atoms. The van der Waals surface area contributed by atoms with Crippen molar-refractivity contribution in [2.45, 2.75) is 18.6 Å². The SMILES string of the molecule is CNC(=O)C1CC2CN(c3ncccn3)CC1O2. The lowest BCUT2D eigenvalue weighted by Crippen LogP contribution is -2.45. The van der Waals surface area contributed by atoms with E-state index in [1.54, 1.807) is 25.5 Å². The first kappa shape index (κ1) is 11.4. The van der Waals surface area contributed by atoms with Crippen LogP contribution < -0.4 is 10.2 Å². The lowest BCUT2D eigenvalue weighted by molar-refractivity contribution is -0.126. The summed E-state index contributed by atoms with van der Waals surface area (Å²) in [6.45, 7) is 1.44. The molecular formula is C12H16N4O2. The van der Waals surface area contributed by atoms with Gasteiger partial charge < -0.3 is 15.0 Å². The first-order valence-electron chi connectivity index (χ1n) is 6.17. The van der Waals surface area contributed by atoms with Crippen molar-refractivity contribution in [2.75, 3.05) is 25.0 Å². The number of anilines is 1. The minimum absolute atomic E-state index is 0.0475. The molecule has 3 atom stereocenters. The molecule has 0 saturated carbocycles.